The molecule has 13 nitrogen and oxygen atoms in total. The molecule has 13 heteroatoms. The minimum absolute atomic E-state index is 0.00611. The van der Waals surface area contributed by atoms with Crippen molar-refractivity contribution in [1.29, 1.82) is 0 Å². The topological polar surface area (TPSA) is 212 Å². The van der Waals surface area contributed by atoms with Crippen LogP contribution in [-0.4, -0.2) is 60.3 Å². The van der Waals surface area contributed by atoms with Gasteiger partial charge in [0.25, 0.3) is 5.91 Å². The molecule has 0 radical (unpaired) electrons. The Bertz CT molecular complexity index is 1020. The highest BCUT2D eigenvalue weighted by Gasteiger charge is 2.35. The molecule has 1 rings (SSSR count). The fourth-order valence-electron chi connectivity index (χ4n) is 3.74. The van der Waals surface area contributed by atoms with Crippen LogP contribution in [0.5, 0.6) is 0 Å². The highest BCUT2D eigenvalue weighted by molar-refractivity contribution is 6.38. The molecule has 0 aliphatic heterocycles. The third-order valence-corrected chi connectivity index (χ3v) is 6.16. The molecule has 0 heterocycles. The number of alkyl carbamates (subject to hydrolysis) is 1. The second-order valence-electron chi connectivity index (χ2n) is 9.99. The zero-order chi connectivity index (χ0) is 30.2. The summed E-state index contributed by atoms with van der Waals surface area (Å²) >= 11 is 0. The zero-order valence-electron chi connectivity index (χ0n) is 23.5. The number of ether oxygens (including phenoxy) is 1. The summed E-state index contributed by atoms with van der Waals surface area (Å²) in [6.45, 7) is 7.37. The van der Waals surface area contributed by atoms with Gasteiger partial charge in [0, 0.05) is 6.54 Å². The number of benzene rings is 1. The molecule has 1 aromatic rings. The number of nitrogens with one attached hydrogen (secondary N) is 4. The summed E-state index contributed by atoms with van der Waals surface area (Å²) < 4.78 is 5.23. The lowest BCUT2D eigenvalue weighted by Gasteiger charge is -2.27. The quantitative estimate of drug-likeness (QED) is 0.119. The predicted octanol–water partition coefficient (Wildman–Crippen LogP) is 0.846. The number of ketones is 1. The molecular weight excluding hydrogens is 520 g/mol. The van der Waals surface area contributed by atoms with E-state index in [2.05, 4.69) is 21.3 Å². The van der Waals surface area contributed by atoms with Crippen molar-refractivity contribution in [2.24, 2.45) is 23.3 Å². The summed E-state index contributed by atoms with van der Waals surface area (Å²) in [6, 6.07) is 4.87. The second kappa shape index (κ2) is 17.4. The van der Waals surface area contributed by atoms with E-state index in [0.717, 1.165) is 5.56 Å². The van der Waals surface area contributed by atoms with Crippen LogP contribution in [-0.2, 0) is 30.5 Å². The van der Waals surface area contributed by atoms with Crippen molar-refractivity contribution >= 4 is 35.6 Å². The number of carbonyl (C=O) groups is 6. The molecule has 0 aliphatic carbocycles. The molecule has 0 aromatic heterocycles. The number of hydrogen-bond acceptors (Lipinski definition) is 7. The number of rotatable bonds is 17. The standard InChI is InChI=1S/C27H42N6O7/c1-5-17(4)21(22(34)25(37)31-19(23(28)35)12-9-13-30-26(29)38)33-24(36)20(14-16(2)3)32-27(39)40-15-18-10-7-6-8-11-18/h6-8,10-11,16-17,19-21H,5,9,12-15H2,1-4H3,(H2,28,35)(H,31,37)(H,32,39)(H,33,36)(H3,29,30,38). The van der Waals surface area contributed by atoms with Crippen LogP contribution in [0.15, 0.2) is 30.3 Å². The van der Waals surface area contributed by atoms with Gasteiger partial charge in [-0.1, -0.05) is 64.4 Å². The van der Waals surface area contributed by atoms with Crippen LogP contribution in [0.1, 0.15) is 58.9 Å². The van der Waals surface area contributed by atoms with Crippen molar-refractivity contribution in [2.45, 2.75) is 78.1 Å². The van der Waals surface area contributed by atoms with Crippen LogP contribution in [0.25, 0.3) is 0 Å². The molecule has 1 aromatic carbocycles. The Morgan fingerprint density at radius 2 is 1.55 bits per heavy atom. The summed E-state index contributed by atoms with van der Waals surface area (Å²) in [5.74, 6) is -4.00. The van der Waals surface area contributed by atoms with Gasteiger partial charge in [0.1, 0.15) is 18.7 Å². The minimum atomic E-state index is -1.22. The normalized spacial score (nSPS) is 13.7. The molecular formula is C27H42N6O7. The maximum absolute atomic E-state index is 13.2. The summed E-state index contributed by atoms with van der Waals surface area (Å²) in [4.78, 5) is 74.2. The van der Waals surface area contributed by atoms with Gasteiger partial charge < -0.3 is 37.5 Å². The molecule has 0 saturated heterocycles. The first-order chi connectivity index (χ1) is 18.8. The maximum atomic E-state index is 13.2. The van der Waals surface area contributed by atoms with E-state index in [4.69, 9.17) is 16.2 Å². The molecule has 0 fully saturated rings. The molecule has 4 unspecified atom stereocenters. The Balaban J connectivity index is 2.91. The van der Waals surface area contributed by atoms with Crippen molar-refractivity contribution in [3.05, 3.63) is 35.9 Å². The van der Waals surface area contributed by atoms with Gasteiger partial charge in [0.15, 0.2) is 0 Å². The monoisotopic (exact) mass is 562 g/mol. The van der Waals surface area contributed by atoms with Crippen LogP contribution >= 0.6 is 0 Å². The molecule has 6 amide bonds. The first kappa shape index (κ1) is 33.9. The van der Waals surface area contributed by atoms with Gasteiger partial charge in [-0.3, -0.25) is 19.2 Å². The van der Waals surface area contributed by atoms with E-state index in [1.54, 1.807) is 38.1 Å². The van der Waals surface area contributed by atoms with Gasteiger partial charge in [0.2, 0.25) is 17.6 Å². The molecule has 0 spiro atoms. The number of carbonyl (C=O) groups excluding carboxylic acids is 6. The van der Waals surface area contributed by atoms with Crippen molar-refractivity contribution in [1.82, 2.24) is 21.3 Å². The number of Topliss-reactive ketones (excluding diaryl/α,β-unsaturated/α-hetero) is 1. The summed E-state index contributed by atoms with van der Waals surface area (Å²) in [5, 5.41) is 9.82. The van der Waals surface area contributed by atoms with E-state index < -0.39 is 59.7 Å². The fourth-order valence-corrected chi connectivity index (χ4v) is 3.74. The molecule has 0 aliphatic rings. The summed E-state index contributed by atoms with van der Waals surface area (Å²) in [5.41, 5.74) is 11.1. The number of hydrogen-bond donors (Lipinski definition) is 6. The predicted molar refractivity (Wildman–Crippen MR) is 147 cm³/mol. The first-order valence-electron chi connectivity index (χ1n) is 13.3. The highest BCUT2D eigenvalue weighted by atomic mass is 16.5. The van der Waals surface area contributed by atoms with Gasteiger partial charge in [-0.05, 0) is 36.7 Å². The van der Waals surface area contributed by atoms with E-state index in [9.17, 15) is 28.8 Å². The van der Waals surface area contributed by atoms with Gasteiger partial charge in [-0.15, -0.1) is 0 Å². The Hall–Kier alpha value is -4.16. The summed E-state index contributed by atoms with van der Waals surface area (Å²) in [6.07, 6.45) is 0.218. The lowest BCUT2D eigenvalue weighted by atomic mass is 9.93. The second-order valence-corrected chi connectivity index (χ2v) is 9.99. The van der Waals surface area contributed by atoms with Crippen LogP contribution in [0.2, 0.25) is 0 Å². The SMILES string of the molecule is CCC(C)C(NC(=O)C(CC(C)C)NC(=O)OCc1ccccc1)C(=O)C(=O)NC(CCCNC(N)=O)C(N)=O. The maximum Gasteiger partial charge on any atom is 0.408 e. The number of primary amides is 2. The van der Waals surface area contributed by atoms with Gasteiger partial charge in [-0.2, -0.15) is 0 Å². The molecule has 4 atom stereocenters. The highest BCUT2D eigenvalue weighted by Crippen LogP contribution is 2.12. The third-order valence-electron chi connectivity index (χ3n) is 6.16. The number of amides is 6. The number of nitrogens with two attached hydrogens (primary N) is 2. The molecule has 222 valence electrons. The van der Waals surface area contributed by atoms with Crippen molar-refractivity contribution in [2.75, 3.05) is 6.54 Å². The third kappa shape index (κ3) is 12.6. The average molecular weight is 563 g/mol. The lowest BCUT2D eigenvalue weighted by molar-refractivity contribution is -0.142. The number of urea groups is 1. The van der Waals surface area contributed by atoms with Crippen molar-refractivity contribution < 1.29 is 33.5 Å². The van der Waals surface area contributed by atoms with Crippen LogP contribution < -0.4 is 32.7 Å². The Labute approximate surface area is 234 Å². The first-order valence-corrected chi connectivity index (χ1v) is 13.3. The Morgan fingerprint density at radius 1 is 0.900 bits per heavy atom. The van der Waals surface area contributed by atoms with E-state index in [1.807, 2.05) is 19.9 Å². The summed E-state index contributed by atoms with van der Waals surface area (Å²) in [7, 11) is 0. The Morgan fingerprint density at radius 3 is 2.10 bits per heavy atom. The van der Waals surface area contributed by atoms with Crippen molar-refractivity contribution in [3.8, 4) is 0 Å². The fraction of sp³-hybridized carbons (Fsp3) is 0.556. The average Bonchev–Trinajstić information content (AvgIpc) is 2.90. The molecule has 0 saturated carbocycles. The van der Waals surface area contributed by atoms with E-state index in [0.29, 0.717) is 6.42 Å². The van der Waals surface area contributed by atoms with E-state index in [-0.39, 0.29) is 38.3 Å². The van der Waals surface area contributed by atoms with E-state index in [1.165, 1.54) is 0 Å². The van der Waals surface area contributed by atoms with Crippen LogP contribution in [0, 0.1) is 11.8 Å². The largest absolute Gasteiger partial charge is 0.445 e. The lowest BCUT2D eigenvalue weighted by Crippen LogP contribution is -2.57. The molecule has 0 bridgehead atoms. The van der Waals surface area contributed by atoms with Gasteiger partial charge in [0.05, 0.1) is 6.04 Å². The van der Waals surface area contributed by atoms with Gasteiger partial charge in [-0.25, -0.2) is 9.59 Å². The smallest absolute Gasteiger partial charge is 0.408 e. The Kier molecular flexibility index (Phi) is 14.8. The molecule has 8 N–H and O–H groups in total. The minimum Gasteiger partial charge on any atom is -0.445 e. The van der Waals surface area contributed by atoms with Crippen LogP contribution in [0.3, 0.4) is 0 Å². The molecule has 40 heavy (non-hydrogen) atoms. The van der Waals surface area contributed by atoms with Gasteiger partial charge >= 0.3 is 12.1 Å². The van der Waals surface area contributed by atoms with Crippen LogP contribution in [0.4, 0.5) is 9.59 Å². The van der Waals surface area contributed by atoms with E-state index >= 15 is 0 Å². The zero-order valence-corrected chi connectivity index (χ0v) is 23.5. The van der Waals surface area contributed by atoms with Crippen molar-refractivity contribution in [3.63, 3.8) is 0 Å².